The SMILES string of the molecule is O=C(CCNC(=O)Nc1ccc(Br)cc1)Nc1cccc(Cl)c1. The molecule has 0 aliphatic carbocycles. The summed E-state index contributed by atoms with van der Waals surface area (Å²) in [4.78, 5) is 23.5. The van der Waals surface area contributed by atoms with E-state index in [2.05, 4.69) is 31.9 Å². The van der Waals surface area contributed by atoms with Gasteiger partial charge in [0.1, 0.15) is 0 Å². The number of hydrogen-bond acceptors (Lipinski definition) is 2. The Bertz CT molecular complexity index is 692. The van der Waals surface area contributed by atoms with Crippen LogP contribution in [0.2, 0.25) is 5.02 Å². The largest absolute Gasteiger partial charge is 0.337 e. The lowest BCUT2D eigenvalue weighted by molar-refractivity contribution is -0.116. The van der Waals surface area contributed by atoms with Crippen molar-refractivity contribution in [1.29, 1.82) is 0 Å². The second-order valence-electron chi connectivity index (χ2n) is 4.70. The van der Waals surface area contributed by atoms with Gasteiger partial charge in [-0.05, 0) is 42.5 Å². The highest BCUT2D eigenvalue weighted by atomic mass is 79.9. The number of rotatable bonds is 5. The van der Waals surface area contributed by atoms with Gasteiger partial charge in [-0.25, -0.2) is 4.79 Å². The quantitative estimate of drug-likeness (QED) is 0.707. The van der Waals surface area contributed by atoms with E-state index in [0.717, 1.165) is 4.47 Å². The lowest BCUT2D eigenvalue weighted by atomic mass is 10.3. The van der Waals surface area contributed by atoms with Crippen molar-refractivity contribution < 1.29 is 9.59 Å². The lowest BCUT2D eigenvalue weighted by Gasteiger charge is -2.08. The lowest BCUT2D eigenvalue weighted by Crippen LogP contribution is -2.31. The monoisotopic (exact) mass is 395 g/mol. The van der Waals surface area contributed by atoms with Gasteiger partial charge in [-0.2, -0.15) is 0 Å². The Hall–Kier alpha value is -2.05. The van der Waals surface area contributed by atoms with Crippen molar-refractivity contribution in [2.24, 2.45) is 0 Å². The number of nitrogens with one attached hydrogen (secondary N) is 3. The van der Waals surface area contributed by atoms with Gasteiger partial charge in [0, 0.05) is 33.8 Å². The predicted molar refractivity (Wildman–Crippen MR) is 95.9 cm³/mol. The van der Waals surface area contributed by atoms with Crippen LogP contribution in [0.3, 0.4) is 0 Å². The number of amides is 3. The van der Waals surface area contributed by atoms with Gasteiger partial charge < -0.3 is 16.0 Å². The highest BCUT2D eigenvalue weighted by molar-refractivity contribution is 9.10. The number of halogens is 2. The van der Waals surface area contributed by atoms with Crippen LogP contribution in [0.25, 0.3) is 0 Å². The van der Waals surface area contributed by atoms with Crippen molar-refractivity contribution in [2.75, 3.05) is 17.2 Å². The first-order valence-corrected chi connectivity index (χ1v) is 8.06. The third-order valence-corrected chi connectivity index (χ3v) is 3.61. The molecule has 3 amide bonds. The van der Waals surface area contributed by atoms with Crippen LogP contribution < -0.4 is 16.0 Å². The van der Waals surface area contributed by atoms with Gasteiger partial charge in [-0.15, -0.1) is 0 Å². The summed E-state index contributed by atoms with van der Waals surface area (Å²) in [6, 6.07) is 13.7. The molecule has 0 aliphatic rings. The van der Waals surface area contributed by atoms with E-state index in [9.17, 15) is 9.59 Å². The van der Waals surface area contributed by atoms with Crippen LogP contribution >= 0.6 is 27.5 Å². The summed E-state index contributed by atoms with van der Waals surface area (Å²) in [5.41, 5.74) is 1.30. The number of anilines is 2. The first kappa shape index (κ1) is 17.3. The second kappa shape index (κ2) is 8.55. The molecular weight excluding hydrogens is 382 g/mol. The van der Waals surface area contributed by atoms with Gasteiger partial charge in [-0.3, -0.25) is 4.79 Å². The van der Waals surface area contributed by atoms with Crippen molar-refractivity contribution >= 4 is 50.8 Å². The minimum Gasteiger partial charge on any atom is -0.337 e. The van der Waals surface area contributed by atoms with Gasteiger partial charge in [0.15, 0.2) is 0 Å². The smallest absolute Gasteiger partial charge is 0.319 e. The van der Waals surface area contributed by atoms with Crippen molar-refractivity contribution in [1.82, 2.24) is 5.32 Å². The third kappa shape index (κ3) is 6.30. The van der Waals surface area contributed by atoms with Crippen LogP contribution in [0.5, 0.6) is 0 Å². The number of carbonyl (C=O) groups excluding carboxylic acids is 2. The van der Waals surface area contributed by atoms with E-state index in [1.54, 1.807) is 36.4 Å². The molecule has 0 saturated heterocycles. The standard InChI is InChI=1S/C16H15BrClN3O2/c17-11-4-6-13(7-5-11)21-16(23)19-9-8-15(22)20-14-3-1-2-12(18)10-14/h1-7,10H,8-9H2,(H,20,22)(H2,19,21,23). The van der Waals surface area contributed by atoms with Gasteiger partial charge in [0.25, 0.3) is 0 Å². The third-order valence-electron chi connectivity index (χ3n) is 2.85. The van der Waals surface area contributed by atoms with Gasteiger partial charge >= 0.3 is 6.03 Å². The average Bonchev–Trinajstić information content (AvgIpc) is 2.49. The van der Waals surface area contributed by atoms with Crippen LogP contribution in [0.15, 0.2) is 53.0 Å². The van der Waals surface area contributed by atoms with Crippen LogP contribution in [0.1, 0.15) is 6.42 Å². The maximum Gasteiger partial charge on any atom is 0.319 e. The fourth-order valence-corrected chi connectivity index (χ4v) is 2.24. The molecule has 0 fully saturated rings. The van der Waals surface area contributed by atoms with E-state index >= 15 is 0 Å². The first-order valence-electron chi connectivity index (χ1n) is 6.89. The zero-order valence-corrected chi connectivity index (χ0v) is 14.4. The van der Waals surface area contributed by atoms with Crippen LogP contribution in [0.4, 0.5) is 16.2 Å². The van der Waals surface area contributed by atoms with Crippen LogP contribution in [0, 0.1) is 0 Å². The number of benzene rings is 2. The molecule has 3 N–H and O–H groups in total. The Morgan fingerprint density at radius 2 is 1.74 bits per heavy atom. The van der Waals surface area contributed by atoms with Gasteiger partial charge in [0.05, 0.1) is 0 Å². The first-order chi connectivity index (χ1) is 11.0. The molecule has 2 rings (SSSR count). The highest BCUT2D eigenvalue weighted by Gasteiger charge is 2.05. The molecule has 0 atom stereocenters. The molecule has 0 saturated carbocycles. The minimum absolute atomic E-state index is 0.167. The summed E-state index contributed by atoms with van der Waals surface area (Å²) in [7, 11) is 0. The molecule has 0 bridgehead atoms. The zero-order valence-electron chi connectivity index (χ0n) is 12.1. The average molecular weight is 397 g/mol. The second-order valence-corrected chi connectivity index (χ2v) is 6.05. The molecular formula is C16H15BrClN3O2. The van der Waals surface area contributed by atoms with Crippen molar-refractivity contribution in [2.45, 2.75) is 6.42 Å². The maximum absolute atomic E-state index is 11.8. The number of carbonyl (C=O) groups is 2. The molecule has 2 aromatic carbocycles. The summed E-state index contributed by atoms with van der Waals surface area (Å²) < 4.78 is 0.932. The Morgan fingerprint density at radius 1 is 1.00 bits per heavy atom. The molecule has 0 radical (unpaired) electrons. The van der Waals surface area contributed by atoms with E-state index in [0.29, 0.717) is 16.4 Å². The van der Waals surface area contributed by atoms with Gasteiger partial charge in [-0.1, -0.05) is 33.6 Å². The molecule has 7 heteroatoms. The molecule has 0 unspecified atom stereocenters. The maximum atomic E-state index is 11.8. The molecule has 120 valence electrons. The Balaban J connectivity index is 1.70. The minimum atomic E-state index is -0.358. The zero-order chi connectivity index (χ0) is 16.7. The Morgan fingerprint density at radius 3 is 2.43 bits per heavy atom. The molecule has 0 aliphatic heterocycles. The number of urea groups is 1. The Labute approximate surface area is 147 Å². The van der Waals surface area contributed by atoms with E-state index in [1.807, 2.05) is 12.1 Å². The molecule has 0 heterocycles. The van der Waals surface area contributed by atoms with Crippen molar-refractivity contribution in [3.05, 3.63) is 58.0 Å². The van der Waals surface area contributed by atoms with Crippen molar-refractivity contribution in [3.63, 3.8) is 0 Å². The molecule has 2 aromatic rings. The van der Waals surface area contributed by atoms with E-state index in [4.69, 9.17) is 11.6 Å². The molecule has 0 aromatic heterocycles. The number of hydrogen-bond donors (Lipinski definition) is 3. The van der Waals surface area contributed by atoms with Crippen LogP contribution in [-0.4, -0.2) is 18.5 Å². The molecule has 0 spiro atoms. The van der Waals surface area contributed by atoms with E-state index in [1.165, 1.54) is 0 Å². The normalized spacial score (nSPS) is 10.0. The fourth-order valence-electron chi connectivity index (χ4n) is 1.79. The fraction of sp³-hybridized carbons (Fsp3) is 0.125. The highest BCUT2D eigenvalue weighted by Crippen LogP contribution is 2.15. The van der Waals surface area contributed by atoms with Gasteiger partial charge in [0.2, 0.25) is 5.91 Å². The molecule has 5 nitrogen and oxygen atoms in total. The summed E-state index contributed by atoms with van der Waals surface area (Å²) in [6.45, 7) is 0.231. The summed E-state index contributed by atoms with van der Waals surface area (Å²) in [5.74, 6) is -0.198. The molecule has 23 heavy (non-hydrogen) atoms. The predicted octanol–water partition coefficient (Wildman–Crippen LogP) is 4.25. The summed E-state index contributed by atoms with van der Waals surface area (Å²) in [5, 5.41) is 8.57. The summed E-state index contributed by atoms with van der Waals surface area (Å²) >= 11 is 9.16. The summed E-state index contributed by atoms with van der Waals surface area (Å²) in [6.07, 6.45) is 0.167. The Kier molecular flexibility index (Phi) is 6.43. The van der Waals surface area contributed by atoms with E-state index < -0.39 is 0 Å². The van der Waals surface area contributed by atoms with Crippen LogP contribution in [-0.2, 0) is 4.79 Å². The van der Waals surface area contributed by atoms with Crippen molar-refractivity contribution in [3.8, 4) is 0 Å². The van der Waals surface area contributed by atoms with E-state index in [-0.39, 0.29) is 24.9 Å². The topological polar surface area (TPSA) is 70.2 Å².